The number of hydrogen-bond donors (Lipinski definition) is 1. The summed E-state index contributed by atoms with van der Waals surface area (Å²) in [6, 6.07) is 1.08. The van der Waals surface area contributed by atoms with E-state index in [4.69, 9.17) is 5.11 Å². The van der Waals surface area contributed by atoms with Gasteiger partial charge in [-0.1, -0.05) is 0 Å². The van der Waals surface area contributed by atoms with Gasteiger partial charge in [0.05, 0.1) is 11.8 Å². The molecule has 6 heteroatoms. The van der Waals surface area contributed by atoms with E-state index in [-0.39, 0.29) is 23.9 Å². The number of rotatable bonds is 4. The molecule has 1 aliphatic heterocycles. The maximum atomic E-state index is 13.1. The van der Waals surface area contributed by atoms with E-state index >= 15 is 0 Å². The van der Waals surface area contributed by atoms with Crippen LogP contribution in [-0.2, 0) is 4.79 Å². The van der Waals surface area contributed by atoms with Gasteiger partial charge >= 0.3 is 5.97 Å². The summed E-state index contributed by atoms with van der Waals surface area (Å²) >= 11 is 0. The average Bonchev–Trinajstić information content (AvgIpc) is 2.44. The number of hydrogen-bond acceptors (Lipinski definition) is 3. The number of aliphatic carboxylic acids is 1. The number of amides is 1. The van der Waals surface area contributed by atoms with Gasteiger partial charge in [0.2, 0.25) is 0 Å². The van der Waals surface area contributed by atoms with Crippen LogP contribution in [0.2, 0.25) is 0 Å². The first kappa shape index (κ1) is 14.4. The van der Waals surface area contributed by atoms with E-state index in [1.54, 1.807) is 4.90 Å². The zero-order valence-corrected chi connectivity index (χ0v) is 11.1. The normalized spacial score (nSPS) is 18.9. The molecular formula is C14H17FN2O3. The summed E-state index contributed by atoms with van der Waals surface area (Å²) in [6.45, 7) is 0.583. The largest absolute Gasteiger partial charge is 0.481 e. The number of pyridine rings is 1. The van der Waals surface area contributed by atoms with Gasteiger partial charge in [0, 0.05) is 25.2 Å². The van der Waals surface area contributed by atoms with Crippen LogP contribution in [0.4, 0.5) is 4.39 Å². The van der Waals surface area contributed by atoms with Gasteiger partial charge in [0.25, 0.3) is 5.91 Å². The van der Waals surface area contributed by atoms with E-state index in [1.165, 1.54) is 6.20 Å². The third-order valence-corrected chi connectivity index (χ3v) is 3.53. The molecule has 1 fully saturated rings. The number of carbonyl (C=O) groups excluding carboxylic acids is 1. The Morgan fingerprint density at radius 2 is 2.20 bits per heavy atom. The van der Waals surface area contributed by atoms with Gasteiger partial charge in [-0.2, -0.15) is 0 Å². The minimum atomic E-state index is -0.865. The second-order valence-electron chi connectivity index (χ2n) is 4.97. The van der Waals surface area contributed by atoms with Crippen LogP contribution in [0, 0.1) is 5.82 Å². The van der Waals surface area contributed by atoms with Gasteiger partial charge in [0.1, 0.15) is 5.82 Å². The van der Waals surface area contributed by atoms with Crippen LogP contribution in [0.25, 0.3) is 0 Å². The van der Waals surface area contributed by atoms with Crippen molar-refractivity contribution >= 4 is 11.9 Å². The quantitative estimate of drug-likeness (QED) is 0.916. The van der Waals surface area contributed by atoms with Gasteiger partial charge in [-0.25, -0.2) is 4.39 Å². The fraction of sp³-hybridized carbons (Fsp3) is 0.500. The third kappa shape index (κ3) is 3.53. The van der Waals surface area contributed by atoms with Crippen LogP contribution in [0.3, 0.4) is 0 Å². The summed E-state index contributed by atoms with van der Waals surface area (Å²) in [7, 11) is 0. The molecule has 1 unspecified atom stereocenters. The monoisotopic (exact) mass is 280 g/mol. The first-order valence-corrected chi connectivity index (χ1v) is 6.71. The molecule has 1 aromatic heterocycles. The summed E-state index contributed by atoms with van der Waals surface area (Å²) in [6.07, 6.45) is 5.53. The first-order valence-electron chi connectivity index (χ1n) is 6.71. The van der Waals surface area contributed by atoms with Crippen molar-refractivity contribution in [1.82, 2.24) is 9.88 Å². The average molecular weight is 280 g/mol. The van der Waals surface area contributed by atoms with Crippen LogP contribution in [0.5, 0.6) is 0 Å². The molecule has 1 amide bonds. The number of carboxylic acid groups (broad SMARTS) is 1. The Bertz CT molecular complexity index is 507. The lowest BCUT2D eigenvalue weighted by atomic mass is 9.97. The van der Waals surface area contributed by atoms with E-state index in [1.807, 2.05) is 0 Å². The molecule has 1 aromatic rings. The molecule has 0 bridgehead atoms. The predicted molar refractivity (Wildman–Crippen MR) is 69.7 cm³/mol. The van der Waals surface area contributed by atoms with Crippen molar-refractivity contribution in [2.75, 3.05) is 6.54 Å². The molecular weight excluding hydrogens is 263 g/mol. The minimum Gasteiger partial charge on any atom is -0.481 e. The predicted octanol–water partition coefficient (Wildman–Crippen LogP) is 2.08. The number of aromatic nitrogens is 1. The van der Waals surface area contributed by atoms with E-state index < -0.39 is 11.8 Å². The highest BCUT2D eigenvalue weighted by molar-refractivity contribution is 5.94. The Hall–Kier alpha value is -1.98. The maximum Gasteiger partial charge on any atom is 0.303 e. The van der Waals surface area contributed by atoms with Gasteiger partial charge in [0.15, 0.2) is 0 Å². The Morgan fingerprint density at radius 1 is 1.40 bits per heavy atom. The fourth-order valence-corrected chi connectivity index (χ4v) is 2.55. The molecule has 1 saturated heterocycles. The Balaban J connectivity index is 2.10. The van der Waals surface area contributed by atoms with Gasteiger partial charge in [-0.3, -0.25) is 14.6 Å². The number of carbonyl (C=O) groups is 2. The molecule has 0 saturated carbocycles. The van der Waals surface area contributed by atoms with Crippen molar-refractivity contribution in [3.8, 4) is 0 Å². The Kier molecular flexibility index (Phi) is 4.65. The molecule has 0 spiro atoms. The number of nitrogens with zero attached hydrogens (tertiary/aromatic N) is 2. The Morgan fingerprint density at radius 3 is 2.90 bits per heavy atom. The SMILES string of the molecule is O=C(O)CCC1CCCCN1C(=O)c1cncc(F)c1. The minimum absolute atomic E-state index is 0.0375. The first-order chi connectivity index (χ1) is 9.58. The summed E-state index contributed by atoms with van der Waals surface area (Å²) in [5.74, 6) is -1.68. The number of halogens is 1. The zero-order chi connectivity index (χ0) is 14.5. The van der Waals surface area contributed by atoms with Crippen LogP contribution in [0.15, 0.2) is 18.5 Å². The van der Waals surface area contributed by atoms with Crippen molar-refractivity contribution < 1.29 is 19.1 Å². The van der Waals surface area contributed by atoms with Crippen LogP contribution >= 0.6 is 0 Å². The van der Waals surface area contributed by atoms with Gasteiger partial charge < -0.3 is 10.0 Å². The lowest BCUT2D eigenvalue weighted by molar-refractivity contribution is -0.137. The maximum absolute atomic E-state index is 13.1. The van der Waals surface area contributed by atoms with E-state index in [2.05, 4.69) is 4.98 Å². The molecule has 1 N–H and O–H groups in total. The summed E-state index contributed by atoms with van der Waals surface area (Å²) in [5.41, 5.74) is 0.215. The molecule has 1 atom stereocenters. The Labute approximate surface area is 116 Å². The van der Waals surface area contributed by atoms with Crippen molar-refractivity contribution in [3.63, 3.8) is 0 Å². The number of likely N-dealkylation sites (tertiary alicyclic amines) is 1. The summed E-state index contributed by atoms with van der Waals surface area (Å²) in [4.78, 5) is 28.4. The van der Waals surface area contributed by atoms with Crippen molar-refractivity contribution in [3.05, 3.63) is 29.8 Å². The molecule has 0 aromatic carbocycles. The van der Waals surface area contributed by atoms with Gasteiger partial charge in [-0.05, 0) is 31.7 Å². The van der Waals surface area contributed by atoms with Crippen LogP contribution < -0.4 is 0 Å². The zero-order valence-electron chi connectivity index (χ0n) is 11.1. The standard InChI is InChI=1S/C14H17FN2O3/c15-11-7-10(8-16-9-11)14(20)17-6-2-1-3-12(17)4-5-13(18)19/h7-9,12H,1-6H2,(H,18,19). The van der Waals surface area contributed by atoms with Crippen LogP contribution in [-0.4, -0.2) is 39.5 Å². The summed E-state index contributed by atoms with van der Waals surface area (Å²) in [5, 5.41) is 8.76. The molecule has 1 aliphatic rings. The van der Waals surface area contributed by atoms with Crippen LogP contribution in [0.1, 0.15) is 42.5 Å². The topological polar surface area (TPSA) is 70.5 Å². The second kappa shape index (κ2) is 6.45. The lowest BCUT2D eigenvalue weighted by Gasteiger charge is -2.35. The molecule has 20 heavy (non-hydrogen) atoms. The highest BCUT2D eigenvalue weighted by atomic mass is 19.1. The molecule has 5 nitrogen and oxygen atoms in total. The van der Waals surface area contributed by atoms with E-state index in [9.17, 15) is 14.0 Å². The number of carboxylic acids is 1. The smallest absolute Gasteiger partial charge is 0.303 e. The molecule has 2 heterocycles. The highest BCUT2D eigenvalue weighted by Crippen LogP contribution is 2.23. The van der Waals surface area contributed by atoms with Crippen molar-refractivity contribution in [2.24, 2.45) is 0 Å². The van der Waals surface area contributed by atoms with Gasteiger partial charge in [-0.15, -0.1) is 0 Å². The van der Waals surface area contributed by atoms with Crippen molar-refractivity contribution in [1.29, 1.82) is 0 Å². The lowest BCUT2D eigenvalue weighted by Crippen LogP contribution is -2.44. The summed E-state index contributed by atoms with van der Waals surface area (Å²) < 4.78 is 13.1. The van der Waals surface area contributed by atoms with E-state index in [0.29, 0.717) is 13.0 Å². The molecule has 108 valence electrons. The third-order valence-electron chi connectivity index (χ3n) is 3.53. The molecule has 0 radical (unpaired) electrons. The number of piperidine rings is 1. The second-order valence-corrected chi connectivity index (χ2v) is 4.97. The molecule has 2 rings (SSSR count). The fourth-order valence-electron chi connectivity index (χ4n) is 2.55. The molecule has 0 aliphatic carbocycles. The highest BCUT2D eigenvalue weighted by Gasteiger charge is 2.28. The van der Waals surface area contributed by atoms with E-state index in [0.717, 1.165) is 31.5 Å². The van der Waals surface area contributed by atoms with Crippen molar-refractivity contribution in [2.45, 2.75) is 38.1 Å².